The van der Waals surface area contributed by atoms with Crippen molar-refractivity contribution in [3.8, 4) is 5.75 Å². The highest BCUT2D eigenvalue weighted by Crippen LogP contribution is 2.24. The number of methoxy groups -OCH3 is 1. The molecular formula is C18H13N3O7. The van der Waals surface area contributed by atoms with Gasteiger partial charge in [0, 0.05) is 11.5 Å². The van der Waals surface area contributed by atoms with E-state index in [1.165, 1.54) is 31.4 Å². The molecule has 3 rings (SSSR count). The Morgan fingerprint density at radius 1 is 1.04 bits per heavy atom. The lowest BCUT2D eigenvalue weighted by molar-refractivity contribution is -0.385. The largest absolute Gasteiger partial charge is 0.493 e. The number of nitrogens with one attached hydrogen (secondary N) is 2. The summed E-state index contributed by atoms with van der Waals surface area (Å²) >= 11 is 0. The van der Waals surface area contributed by atoms with Crippen LogP contribution in [0.5, 0.6) is 5.75 Å². The number of para-hydroxylation sites is 2. The summed E-state index contributed by atoms with van der Waals surface area (Å²) in [6, 6.07) is 11.4. The number of nitro benzene ring substituents is 1. The van der Waals surface area contributed by atoms with E-state index in [2.05, 4.69) is 0 Å². The van der Waals surface area contributed by atoms with Crippen molar-refractivity contribution in [3.63, 3.8) is 0 Å². The van der Waals surface area contributed by atoms with Crippen LogP contribution in [0.2, 0.25) is 0 Å². The molecule has 0 radical (unpaired) electrons. The number of hydrogen-bond acceptors (Lipinski definition) is 7. The highest BCUT2D eigenvalue weighted by Gasteiger charge is 2.21. The zero-order chi connectivity index (χ0) is 20.3. The third-order valence-electron chi connectivity index (χ3n) is 3.82. The Morgan fingerprint density at radius 3 is 2.39 bits per heavy atom. The molecule has 1 aromatic heterocycles. The molecule has 0 aliphatic carbocycles. The fourth-order valence-electron chi connectivity index (χ4n) is 2.51. The molecule has 0 spiro atoms. The number of hydrazine groups is 1. The average molecular weight is 383 g/mol. The lowest BCUT2D eigenvalue weighted by Crippen LogP contribution is -2.43. The van der Waals surface area contributed by atoms with Crippen LogP contribution in [-0.4, -0.2) is 23.8 Å². The predicted octanol–water partition coefficient (Wildman–Crippen LogP) is 1.78. The Kier molecular flexibility index (Phi) is 5.03. The van der Waals surface area contributed by atoms with Gasteiger partial charge < -0.3 is 9.15 Å². The van der Waals surface area contributed by atoms with Gasteiger partial charge >= 0.3 is 5.63 Å². The lowest BCUT2D eigenvalue weighted by atomic mass is 10.1. The minimum Gasteiger partial charge on any atom is -0.493 e. The van der Waals surface area contributed by atoms with Crippen molar-refractivity contribution in [2.24, 2.45) is 0 Å². The molecule has 0 unspecified atom stereocenters. The Morgan fingerprint density at radius 2 is 1.71 bits per heavy atom. The van der Waals surface area contributed by atoms with Crippen LogP contribution in [0.1, 0.15) is 20.7 Å². The van der Waals surface area contributed by atoms with E-state index in [1.807, 2.05) is 10.9 Å². The van der Waals surface area contributed by atoms with Gasteiger partial charge in [0.05, 0.1) is 12.0 Å². The fraction of sp³-hybridized carbons (Fsp3) is 0.0556. The van der Waals surface area contributed by atoms with E-state index < -0.39 is 28.1 Å². The summed E-state index contributed by atoms with van der Waals surface area (Å²) < 4.78 is 10.2. The van der Waals surface area contributed by atoms with Crippen molar-refractivity contribution in [2.45, 2.75) is 0 Å². The van der Waals surface area contributed by atoms with Gasteiger partial charge in [0.15, 0.2) is 11.3 Å². The second-order valence-corrected chi connectivity index (χ2v) is 5.51. The molecule has 2 N–H and O–H groups in total. The number of nitrogens with zero attached hydrogens (tertiary/aromatic N) is 1. The third-order valence-corrected chi connectivity index (χ3v) is 3.82. The molecular weight excluding hydrogens is 370 g/mol. The highest BCUT2D eigenvalue weighted by atomic mass is 16.6. The minimum atomic E-state index is -0.939. The molecule has 28 heavy (non-hydrogen) atoms. The maximum atomic E-state index is 12.3. The third kappa shape index (κ3) is 3.51. The van der Waals surface area contributed by atoms with E-state index in [0.29, 0.717) is 11.1 Å². The Bertz CT molecular complexity index is 1150. The van der Waals surface area contributed by atoms with Crippen molar-refractivity contribution >= 4 is 28.5 Å². The second kappa shape index (κ2) is 7.58. The van der Waals surface area contributed by atoms with Gasteiger partial charge in [-0.05, 0) is 18.2 Å². The van der Waals surface area contributed by atoms with E-state index in [-0.39, 0.29) is 16.7 Å². The maximum absolute atomic E-state index is 12.3. The van der Waals surface area contributed by atoms with Crippen LogP contribution in [0, 0.1) is 10.1 Å². The first-order valence-corrected chi connectivity index (χ1v) is 7.87. The van der Waals surface area contributed by atoms with Crippen molar-refractivity contribution in [1.29, 1.82) is 0 Å². The summed E-state index contributed by atoms with van der Waals surface area (Å²) in [5.74, 6) is -1.52. The summed E-state index contributed by atoms with van der Waals surface area (Å²) in [5, 5.41) is 11.4. The van der Waals surface area contributed by atoms with Gasteiger partial charge in [-0.3, -0.25) is 30.6 Å². The molecule has 10 heteroatoms. The summed E-state index contributed by atoms with van der Waals surface area (Å²) in [4.78, 5) is 46.8. The molecule has 2 amide bonds. The lowest BCUT2D eigenvalue weighted by Gasteiger charge is -2.08. The van der Waals surface area contributed by atoms with Crippen LogP contribution >= 0.6 is 0 Å². The molecule has 0 aliphatic heterocycles. The molecule has 10 nitrogen and oxygen atoms in total. The molecule has 0 saturated carbocycles. The molecule has 0 bridgehead atoms. The highest BCUT2D eigenvalue weighted by molar-refractivity contribution is 6.02. The molecule has 0 fully saturated rings. The van der Waals surface area contributed by atoms with Gasteiger partial charge in [-0.25, -0.2) is 4.79 Å². The standard InChI is InChI=1S/C18H13N3O7/c1-27-14-8-4-5-10-9-12(18(24)28-15(10)14)17(23)20-19-16(22)11-6-2-3-7-13(11)21(25)26/h2-9H,1H3,(H,19,22)(H,20,23). The average Bonchev–Trinajstić information content (AvgIpc) is 2.70. The SMILES string of the molecule is COc1cccc2cc(C(=O)NNC(=O)c3ccccc3[N+](=O)[O-])c(=O)oc12. The summed E-state index contributed by atoms with van der Waals surface area (Å²) in [5.41, 5.74) is 2.30. The molecule has 0 aliphatic rings. The zero-order valence-corrected chi connectivity index (χ0v) is 14.4. The van der Waals surface area contributed by atoms with Gasteiger partial charge in [-0.15, -0.1) is 0 Å². The van der Waals surface area contributed by atoms with Gasteiger partial charge in [0.2, 0.25) is 0 Å². The predicted molar refractivity (Wildman–Crippen MR) is 97.1 cm³/mol. The van der Waals surface area contributed by atoms with Crippen LogP contribution in [0.4, 0.5) is 5.69 Å². The normalized spacial score (nSPS) is 10.3. The molecule has 0 atom stereocenters. The monoisotopic (exact) mass is 383 g/mol. The number of hydrogen-bond donors (Lipinski definition) is 2. The molecule has 2 aromatic carbocycles. The smallest absolute Gasteiger partial charge is 0.349 e. The summed E-state index contributed by atoms with van der Waals surface area (Å²) in [6.45, 7) is 0. The molecule has 1 heterocycles. The Hall–Kier alpha value is -4.21. The van der Waals surface area contributed by atoms with Crippen molar-refractivity contribution < 1.29 is 23.7 Å². The van der Waals surface area contributed by atoms with E-state index in [9.17, 15) is 24.5 Å². The number of ether oxygens (including phenoxy) is 1. The molecule has 3 aromatic rings. The number of benzene rings is 2. The van der Waals surface area contributed by atoms with Crippen LogP contribution in [0.15, 0.2) is 57.7 Å². The molecule has 0 saturated heterocycles. The maximum Gasteiger partial charge on any atom is 0.349 e. The first-order chi connectivity index (χ1) is 13.4. The number of rotatable bonds is 4. The fourth-order valence-corrected chi connectivity index (χ4v) is 2.51. The zero-order valence-electron chi connectivity index (χ0n) is 14.4. The van der Waals surface area contributed by atoms with Crippen molar-refractivity contribution in [3.05, 3.63) is 80.2 Å². The quantitative estimate of drug-likeness (QED) is 0.397. The second-order valence-electron chi connectivity index (χ2n) is 5.51. The first-order valence-electron chi connectivity index (χ1n) is 7.87. The van der Waals surface area contributed by atoms with Gasteiger partial charge in [0.1, 0.15) is 11.1 Å². The van der Waals surface area contributed by atoms with E-state index >= 15 is 0 Å². The molecule has 142 valence electrons. The summed E-state index contributed by atoms with van der Waals surface area (Å²) in [7, 11) is 1.41. The van der Waals surface area contributed by atoms with Crippen LogP contribution in [0.25, 0.3) is 11.0 Å². The number of fused-ring (bicyclic) bond motifs is 1. The number of carbonyl (C=O) groups excluding carboxylic acids is 2. The van der Waals surface area contributed by atoms with Gasteiger partial charge in [0.25, 0.3) is 17.5 Å². The Labute approximate surface area is 156 Å². The Balaban J connectivity index is 1.82. The van der Waals surface area contributed by atoms with Crippen LogP contribution in [0.3, 0.4) is 0 Å². The summed E-state index contributed by atoms with van der Waals surface area (Å²) in [6.07, 6.45) is 0. The number of amides is 2. The van der Waals surface area contributed by atoms with Crippen molar-refractivity contribution in [1.82, 2.24) is 10.9 Å². The minimum absolute atomic E-state index is 0.176. The first kappa shape index (κ1) is 18.6. The van der Waals surface area contributed by atoms with E-state index in [0.717, 1.165) is 6.07 Å². The van der Waals surface area contributed by atoms with E-state index in [1.54, 1.807) is 18.2 Å². The van der Waals surface area contributed by atoms with Crippen molar-refractivity contribution in [2.75, 3.05) is 7.11 Å². The van der Waals surface area contributed by atoms with Gasteiger partial charge in [-0.2, -0.15) is 0 Å². The van der Waals surface area contributed by atoms with E-state index in [4.69, 9.17) is 9.15 Å². The van der Waals surface area contributed by atoms with Gasteiger partial charge in [-0.1, -0.05) is 24.3 Å². The van der Waals surface area contributed by atoms with Crippen LogP contribution < -0.4 is 21.2 Å². The number of nitro groups is 1. The topological polar surface area (TPSA) is 141 Å². The van der Waals surface area contributed by atoms with Crippen LogP contribution in [-0.2, 0) is 0 Å². The number of carbonyl (C=O) groups is 2.